The van der Waals surface area contributed by atoms with Gasteiger partial charge in [-0.05, 0) is 38.1 Å². The van der Waals surface area contributed by atoms with E-state index in [1.54, 1.807) is 20.0 Å². The van der Waals surface area contributed by atoms with Crippen LogP contribution in [-0.4, -0.2) is 37.4 Å². The van der Waals surface area contributed by atoms with Crippen molar-refractivity contribution < 1.29 is 27.4 Å². The number of halogens is 3. The molecule has 0 atom stereocenters. The van der Waals surface area contributed by atoms with E-state index in [9.17, 15) is 9.18 Å². The first kappa shape index (κ1) is 24.6. The molecule has 0 radical (unpaired) electrons. The van der Waals surface area contributed by atoms with Gasteiger partial charge in [0, 0.05) is 47.4 Å². The number of nitrogens with one attached hydrogen (secondary N) is 3. The first-order chi connectivity index (χ1) is 16.2. The molecule has 3 rings (SSSR count). The largest absolute Gasteiger partial charge is 0.497 e. The maximum Gasteiger partial charge on any atom is 0.357 e. The Labute approximate surface area is 194 Å². The fourth-order valence-electron chi connectivity index (χ4n) is 3.39. The molecule has 0 aliphatic carbocycles. The minimum Gasteiger partial charge on any atom is -0.497 e. The average molecular weight is 472 g/mol. The summed E-state index contributed by atoms with van der Waals surface area (Å²) in [6, 6.07) is 7.16. The highest BCUT2D eigenvalue weighted by Crippen LogP contribution is 2.36. The van der Waals surface area contributed by atoms with Crippen molar-refractivity contribution in [3.63, 3.8) is 0 Å². The van der Waals surface area contributed by atoms with Gasteiger partial charge in [0.05, 0.1) is 19.3 Å². The van der Waals surface area contributed by atoms with Crippen molar-refractivity contribution >= 4 is 28.9 Å². The van der Waals surface area contributed by atoms with Crippen LogP contribution in [0.1, 0.15) is 29.9 Å². The molecule has 1 aromatic heterocycles. The van der Waals surface area contributed by atoms with Gasteiger partial charge in [0.1, 0.15) is 29.0 Å². The topological polar surface area (TPSA) is 96.3 Å². The molecule has 0 spiro atoms. The lowest BCUT2D eigenvalue weighted by Crippen LogP contribution is -2.13. The van der Waals surface area contributed by atoms with Crippen LogP contribution in [0.15, 0.2) is 36.4 Å². The Bertz CT molecular complexity index is 1240. The number of rotatable bonds is 8. The molecule has 10 heteroatoms. The van der Waals surface area contributed by atoms with Crippen molar-refractivity contribution in [2.75, 3.05) is 31.4 Å². The second-order valence-corrected chi connectivity index (χ2v) is 7.19. The number of anilines is 3. The van der Waals surface area contributed by atoms with Crippen LogP contribution in [0, 0.1) is 22.9 Å². The molecule has 34 heavy (non-hydrogen) atoms. The summed E-state index contributed by atoms with van der Waals surface area (Å²) in [4.78, 5) is 16.7. The lowest BCUT2D eigenvalue weighted by Gasteiger charge is -2.18. The Kier molecular flexibility index (Phi) is 7.40. The summed E-state index contributed by atoms with van der Waals surface area (Å²) in [6.07, 6.45) is 0. The van der Waals surface area contributed by atoms with Gasteiger partial charge in [-0.1, -0.05) is 0 Å². The lowest BCUT2D eigenvalue weighted by molar-refractivity contribution is 0.0519. The smallest absolute Gasteiger partial charge is 0.357 e. The Morgan fingerprint density at radius 1 is 1.06 bits per heavy atom. The summed E-state index contributed by atoms with van der Waals surface area (Å²) >= 11 is 0. The number of hydrogen-bond donors (Lipinski definition) is 3. The first-order valence-electron chi connectivity index (χ1n) is 10.2. The number of ether oxygens (including phenoxy) is 2. The molecule has 0 unspecified atom stereocenters. The number of esters is 1. The predicted molar refractivity (Wildman–Crippen MR) is 124 cm³/mol. The minimum absolute atomic E-state index is 0.0197. The molecule has 0 aliphatic rings. The Morgan fingerprint density at radius 3 is 2.26 bits per heavy atom. The molecule has 1 heterocycles. The zero-order valence-electron chi connectivity index (χ0n) is 19.0. The van der Waals surface area contributed by atoms with Gasteiger partial charge in [0.2, 0.25) is 0 Å². The Balaban J connectivity index is 2.31. The average Bonchev–Trinajstić information content (AvgIpc) is 2.77. The Morgan fingerprint density at radius 2 is 1.71 bits per heavy atom. The van der Waals surface area contributed by atoms with Crippen molar-refractivity contribution in [2.24, 2.45) is 0 Å². The Hall–Kier alpha value is -4.08. The lowest BCUT2D eigenvalue weighted by atomic mass is 9.95. The molecular formula is C24H23F3N4O3. The molecule has 3 N–H and O–H groups in total. The second-order valence-electron chi connectivity index (χ2n) is 7.19. The molecule has 0 saturated carbocycles. The van der Waals surface area contributed by atoms with E-state index in [4.69, 9.17) is 14.9 Å². The van der Waals surface area contributed by atoms with Gasteiger partial charge < -0.3 is 25.5 Å². The molecule has 0 bridgehead atoms. The fraction of sp³-hybridized carbons (Fsp3) is 0.208. The van der Waals surface area contributed by atoms with E-state index in [-0.39, 0.29) is 46.4 Å². The fourth-order valence-corrected chi connectivity index (χ4v) is 3.39. The number of benzene rings is 2. The van der Waals surface area contributed by atoms with Gasteiger partial charge in [-0.25, -0.2) is 22.9 Å². The third-order valence-electron chi connectivity index (χ3n) is 4.85. The summed E-state index contributed by atoms with van der Waals surface area (Å²) in [5, 5.41) is 14.0. The highest BCUT2D eigenvalue weighted by atomic mass is 19.1. The summed E-state index contributed by atoms with van der Waals surface area (Å²) in [7, 11) is 2.88. The highest BCUT2D eigenvalue weighted by molar-refractivity contribution is 6.08. The van der Waals surface area contributed by atoms with Gasteiger partial charge in [-0.2, -0.15) is 0 Å². The number of nitrogens with zero attached hydrogens (tertiary/aromatic N) is 1. The molecule has 2 aromatic carbocycles. The number of carbonyl (C=O) groups is 1. The van der Waals surface area contributed by atoms with E-state index >= 15 is 8.78 Å². The van der Waals surface area contributed by atoms with Crippen molar-refractivity contribution in [1.29, 1.82) is 5.41 Å². The maximum absolute atomic E-state index is 15.0. The van der Waals surface area contributed by atoms with Crippen LogP contribution in [0.3, 0.4) is 0 Å². The van der Waals surface area contributed by atoms with E-state index in [0.29, 0.717) is 5.69 Å². The molecule has 3 aromatic rings. The molecule has 0 fully saturated rings. The minimum atomic E-state index is -0.963. The van der Waals surface area contributed by atoms with Gasteiger partial charge in [-0.3, -0.25) is 0 Å². The van der Waals surface area contributed by atoms with Gasteiger partial charge >= 0.3 is 5.97 Å². The zero-order valence-corrected chi connectivity index (χ0v) is 19.0. The van der Waals surface area contributed by atoms with Crippen LogP contribution in [0.4, 0.5) is 30.4 Å². The second kappa shape index (κ2) is 10.2. The van der Waals surface area contributed by atoms with Crippen LogP contribution in [0.5, 0.6) is 5.75 Å². The third-order valence-corrected chi connectivity index (χ3v) is 4.85. The van der Waals surface area contributed by atoms with Gasteiger partial charge in [0.15, 0.2) is 5.69 Å². The number of hydrogen-bond acceptors (Lipinski definition) is 7. The van der Waals surface area contributed by atoms with Crippen LogP contribution in [0.25, 0.3) is 11.1 Å². The number of methoxy groups -OCH3 is 1. The summed E-state index contributed by atoms with van der Waals surface area (Å²) in [5.41, 5.74) is -0.216. The van der Waals surface area contributed by atoms with E-state index in [1.807, 2.05) is 0 Å². The highest BCUT2D eigenvalue weighted by Gasteiger charge is 2.25. The zero-order chi connectivity index (χ0) is 25.0. The maximum atomic E-state index is 15.0. The normalized spacial score (nSPS) is 10.6. The molecule has 7 nitrogen and oxygen atoms in total. The van der Waals surface area contributed by atoms with Crippen molar-refractivity contribution in [2.45, 2.75) is 13.8 Å². The number of carbonyl (C=O) groups excluding carboxylic acids is 1. The van der Waals surface area contributed by atoms with Crippen molar-refractivity contribution in [3.05, 3.63) is 65.1 Å². The standard InChI is InChI=1S/C24H23F3N4O3/c1-5-34-24(32)20-11-17(22-18(26)9-16(33-4)10-19(22)27)21(12(2)28)23(31-20)30-15-7-13(25)6-14(8-15)29-3/h6-11,28-29H,5H2,1-4H3,(H,30,31). The molecule has 0 amide bonds. The van der Waals surface area contributed by atoms with Gasteiger partial charge in [-0.15, -0.1) is 0 Å². The summed E-state index contributed by atoms with van der Waals surface area (Å²) < 4.78 is 54.0. The quantitative estimate of drug-likeness (QED) is 0.295. The van der Waals surface area contributed by atoms with Gasteiger partial charge in [0.25, 0.3) is 0 Å². The third kappa shape index (κ3) is 5.11. The SMILES string of the molecule is CCOC(=O)c1cc(-c2c(F)cc(OC)cc2F)c(C(C)=N)c(Nc2cc(F)cc(NC)c2)n1. The monoisotopic (exact) mass is 472 g/mol. The molecule has 178 valence electrons. The van der Waals surface area contributed by atoms with Crippen LogP contribution >= 0.6 is 0 Å². The van der Waals surface area contributed by atoms with E-state index < -0.39 is 29.0 Å². The van der Waals surface area contributed by atoms with Crippen LogP contribution < -0.4 is 15.4 Å². The van der Waals surface area contributed by atoms with E-state index in [1.165, 1.54) is 26.2 Å². The van der Waals surface area contributed by atoms with Crippen molar-refractivity contribution in [3.8, 4) is 16.9 Å². The molecule has 0 aliphatic heterocycles. The molecular weight excluding hydrogens is 449 g/mol. The van der Waals surface area contributed by atoms with E-state index in [2.05, 4.69) is 15.6 Å². The first-order valence-corrected chi connectivity index (χ1v) is 10.2. The van der Waals surface area contributed by atoms with Crippen LogP contribution in [0.2, 0.25) is 0 Å². The predicted octanol–water partition coefficient (Wildman–Crippen LogP) is 5.52. The number of pyridine rings is 1. The molecule has 0 saturated heterocycles. The summed E-state index contributed by atoms with van der Waals surface area (Å²) in [6.45, 7) is 3.05. The summed E-state index contributed by atoms with van der Waals surface area (Å²) in [5.74, 6) is -3.43. The van der Waals surface area contributed by atoms with Crippen molar-refractivity contribution in [1.82, 2.24) is 4.98 Å². The van der Waals surface area contributed by atoms with Crippen LogP contribution in [-0.2, 0) is 4.74 Å². The van der Waals surface area contributed by atoms with E-state index in [0.717, 1.165) is 18.2 Å². The number of aromatic nitrogens is 1.